The molecule has 72 heavy (non-hydrogen) atoms. The van der Waals surface area contributed by atoms with E-state index in [1.807, 2.05) is 6.08 Å². The van der Waals surface area contributed by atoms with E-state index in [1.165, 1.54) is 174 Å². The van der Waals surface area contributed by atoms with Crippen LogP contribution in [0, 0.1) is 0 Å². The second kappa shape index (κ2) is 44.9. The van der Waals surface area contributed by atoms with Crippen LogP contribution in [0.1, 0.15) is 267 Å². The molecule has 0 aromatic heterocycles. The Morgan fingerprint density at radius 2 is 0.861 bits per heavy atom. The molecule has 1 fully saturated rings. The number of nitrogens with one attached hydrogen (secondary N) is 1. The molecule has 0 bridgehead atoms. The van der Waals surface area contributed by atoms with Crippen LogP contribution in [0.3, 0.4) is 0 Å². The van der Waals surface area contributed by atoms with Crippen LogP contribution in [-0.2, 0) is 61.9 Å². The second-order valence-corrected chi connectivity index (χ2v) is 20.2. The molecule has 7 atom stereocenters. The van der Waals surface area contributed by atoms with E-state index in [4.69, 9.17) is 33.2 Å². The largest absolute Gasteiger partial charge is 0.463 e. The number of carbonyl (C=O) groups excluding carboxylic acids is 6. The van der Waals surface area contributed by atoms with Crippen molar-refractivity contribution >= 4 is 35.8 Å². The van der Waals surface area contributed by atoms with Gasteiger partial charge in [0, 0.05) is 41.0 Å². The molecule has 14 heteroatoms. The topological polar surface area (TPSA) is 179 Å². The van der Waals surface area contributed by atoms with Crippen LogP contribution in [-0.4, -0.2) is 91.8 Å². The van der Waals surface area contributed by atoms with Crippen LogP contribution < -0.4 is 5.32 Å². The standard InChI is InChI=1S/C58H103NO13/c1-8-10-12-14-16-18-20-22-23-24-25-26-27-28-29-31-33-35-37-39-41-43-54(65)59-51(52(68-47(4)61)42-40-38-36-34-32-30-21-19-17-15-13-11-9-2)44-67-58-57(71-50(7)64)56(70-49(6)63)55(69-48(5)62)53(72-58)45-66-46(3)60/h40,42,51-53,55-58H,8-39,41,43-45H2,1-7H3,(H,59,65)/b42-40+/t51-,52+,53+,55-,56?,57?,58+/m0/s1. The molecule has 0 saturated carbocycles. The van der Waals surface area contributed by atoms with Gasteiger partial charge in [0.1, 0.15) is 18.8 Å². The highest BCUT2D eigenvalue weighted by Gasteiger charge is 2.53. The van der Waals surface area contributed by atoms with E-state index in [-0.39, 0.29) is 18.9 Å². The van der Waals surface area contributed by atoms with Crippen LogP contribution in [0.5, 0.6) is 0 Å². The third-order valence-corrected chi connectivity index (χ3v) is 13.2. The van der Waals surface area contributed by atoms with Crippen molar-refractivity contribution in [1.82, 2.24) is 5.32 Å². The molecule has 1 heterocycles. The van der Waals surface area contributed by atoms with Gasteiger partial charge in [0.25, 0.3) is 0 Å². The Balaban J connectivity index is 2.90. The fraction of sp³-hybridized carbons (Fsp3) is 0.862. The predicted octanol–water partition coefficient (Wildman–Crippen LogP) is 13.4. The fourth-order valence-electron chi connectivity index (χ4n) is 9.34. The maximum Gasteiger partial charge on any atom is 0.303 e. The average Bonchev–Trinajstić information content (AvgIpc) is 3.32. The number of amides is 1. The molecule has 1 N–H and O–H groups in total. The molecule has 0 radical (unpaired) electrons. The van der Waals surface area contributed by atoms with Crippen LogP contribution in [0.2, 0.25) is 0 Å². The first-order valence-electron chi connectivity index (χ1n) is 28.8. The van der Waals surface area contributed by atoms with Crippen molar-refractivity contribution in [2.75, 3.05) is 13.2 Å². The number of rotatable bonds is 46. The maximum atomic E-state index is 13.6. The fourth-order valence-corrected chi connectivity index (χ4v) is 9.34. The molecule has 0 aromatic rings. The highest BCUT2D eigenvalue weighted by Crippen LogP contribution is 2.30. The third kappa shape index (κ3) is 36.4. The lowest BCUT2D eigenvalue weighted by atomic mass is 9.98. The van der Waals surface area contributed by atoms with Crippen LogP contribution in [0.25, 0.3) is 0 Å². The number of carbonyl (C=O) groups is 6. The van der Waals surface area contributed by atoms with E-state index < -0.39 is 79.3 Å². The van der Waals surface area contributed by atoms with Crippen LogP contribution in [0.4, 0.5) is 0 Å². The number of allylic oxidation sites excluding steroid dienone is 1. The Labute approximate surface area is 436 Å². The van der Waals surface area contributed by atoms with E-state index >= 15 is 0 Å². The van der Waals surface area contributed by atoms with Gasteiger partial charge in [-0.3, -0.25) is 28.8 Å². The molecule has 0 aromatic carbocycles. The third-order valence-electron chi connectivity index (χ3n) is 13.2. The van der Waals surface area contributed by atoms with Gasteiger partial charge in [-0.05, 0) is 25.3 Å². The molecular formula is C58H103NO13. The van der Waals surface area contributed by atoms with Crippen molar-refractivity contribution in [1.29, 1.82) is 0 Å². The monoisotopic (exact) mass is 1020 g/mol. The van der Waals surface area contributed by atoms with Crippen molar-refractivity contribution in [2.24, 2.45) is 0 Å². The molecule has 2 unspecified atom stereocenters. The summed E-state index contributed by atoms with van der Waals surface area (Å²) < 4.78 is 40.1. The van der Waals surface area contributed by atoms with Crippen molar-refractivity contribution in [3.05, 3.63) is 12.2 Å². The van der Waals surface area contributed by atoms with E-state index in [9.17, 15) is 28.8 Å². The first-order valence-corrected chi connectivity index (χ1v) is 28.8. The summed E-state index contributed by atoms with van der Waals surface area (Å²) in [5, 5.41) is 3.03. The van der Waals surface area contributed by atoms with Crippen molar-refractivity contribution in [3.8, 4) is 0 Å². The normalized spacial score (nSPS) is 18.6. The molecule has 1 amide bonds. The number of esters is 5. The summed E-state index contributed by atoms with van der Waals surface area (Å²) in [6, 6.07) is -0.920. The lowest BCUT2D eigenvalue weighted by molar-refractivity contribution is -0.309. The Hall–Kier alpha value is -3.52. The van der Waals surface area contributed by atoms with E-state index in [2.05, 4.69) is 19.2 Å². The lowest BCUT2D eigenvalue weighted by Gasteiger charge is -2.44. The predicted molar refractivity (Wildman–Crippen MR) is 283 cm³/mol. The van der Waals surface area contributed by atoms with Gasteiger partial charge < -0.3 is 38.5 Å². The second-order valence-electron chi connectivity index (χ2n) is 20.2. The summed E-state index contributed by atoms with van der Waals surface area (Å²) in [5.74, 6) is -3.76. The molecule has 14 nitrogen and oxygen atoms in total. The van der Waals surface area contributed by atoms with E-state index in [0.717, 1.165) is 65.7 Å². The quantitative estimate of drug-likeness (QED) is 0.0264. The molecule has 1 rings (SSSR count). The lowest BCUT2D eigenvalue weighted by Crippen LogP contribution is -2.63. The number of unbranched alkanes of at least 4 members (excludes halogenated alkanes) is 31. The first kappa shape index (κ1) is 66.5. The smallest absolute Gasteiger partial charge is 0.303 e. The van der Waals surface area contributed by atoms with Gasteiger partial charge in [-0.25, -0.2) is 0 Å². The molecular weight excluding hydrogens is 919 g/mol. The summed E-state index contributed by atoms with van der Waals surface area (Å²) >= 11 is 0. The Kier molecular flexibility index (Phi) is 41.5. The zero-order valence-electron chi connectivity index (χ0n) is 46.5. The number of hydrogen-bond acceptors (Lipinski definition) is 13. The zero-order chi connectivity index (χ0) is 53.0. The highest BCUT2D eigenvalue weighted by molar-refractivity contribution is 5.76. The summed E-state index contributed by atoms with van der Waals surface area (Å²) in [6.45, 7) is 9.70. The Morgan fingerprint density at radius 1 is 0.472 bits per heavy atom. The summed E-state index contributed by atoms with van der Waals surface area (Å²) in [5.41, 5.74) is 0. The molecule has 1 saturated heterocycles. The maximum absolute atomic E-state index is 13.6. The minimum Gasteiger partial charge on any atom is -0.463 e. The molecule has 1 aliphatic rings. The van der Waals surface area contributed by atoms with Gasteiger partial charge in [0.2, 0.25) is 5.91 Å². The highest BCUT2D eigenvalue weighted by atomic mass is 16.7. The van der Waals surface area contributed by atoms with Crippen LogP contribution >= 0.6 is 0 Å². The number of ether oxygens (including phenoxy) is 7. The Morgan fingerprint density at radius 3 is 1.26 bits per heavy atom. The SMILES string of the molecule is CCCCCCCCCCCCC/C=C/[C@@H](OC(C)=O)[C@H](CO[C@@H]1O[C@H](COC(C)=O)[C@H](OC(C)=O)C(OC(C)=O)C1OC(C)=O)NC(=O)CCCCCCCCCCCCCCCCCCCCCCC. The molecule has 0 spiro atoms. The summed E-state index contributed by atoms with van der Waals surface area (Å²) in [4.78, 5) is 75.2. The van der Waals surface area contributed by atoms with Crippen molar-refractivity contribution in [3.63, 3.8) is 0 Å². The summed E-state index contributed by atoms with van der Waals surface area (Å²) in [6.07, 6.45) is 37.0. The zero-order valence-corrected chi connectivity index (χ0v) is 46.5. The van der Waals surface area contributed by atoms with Crippen LogP contribution in [0.15, 0.2) is 12.2 Å². The minimum atomic E-state index is -1.47. The minimum absolute atomic E-state index is 0.251. The number of hydrogen-bond donors (Lipinski definition) is 1. The van der Waals surface area contributed by atoms with Gasteiger partial charge >= 0.3 is 29.8 Å². The van der Waals surface area contributed by atoms with Crippen molar-refractivity contribution < 1.29 is 61.9 Å². The first-order chi connectivity index (χ1) is 34.8. The van der Waals surface area contributed by atoms with Crippen molar-refractivity contribution in [2.45, 2.75) is 310 Å². The summed E-state index contributed by atoms with van der Waals surface area (Å²) in [7, 11) is 0. The average molecular weight is 1020 g/mol. The van der Waals surface area contributed by atoms with Gasteiger partial charge in [-0.1, -0.05) is 213 Å². The van der Waals surface area contributed by atoms with Gasteiger partial charge in [-0.15, -0.1) is 0 Å². The van der Waals surface area contributed by atoms with Gasteiger partial charge in [0.15, 0.2) is 24.6 Å². The van der Waals surface area contributed by atoms with Gasteiger partial charge in [-0.2, -0.15) is 0 Å². The van der Waals surface area contributed by atoms with Gasteiger partial charge in [0.05, 0.1) is 12.6 Å². The molecule has 1 aliphatic heterocycles. The molecule has 0 aliphatic carbocycles. The van der Waals surface area contributed by atoms with E-state index in [0.29, 0.717) is 6.42 Å². The van der Waals surface area contributed by atoms with E-state index in [1.54, 1.807) is 6.08 Å². The molecule has 418 valence electrons. The Bertz CT molecular complexity index is 1450.